The fourth-order valence-electron chi connectivity index (χ4n) is 3.11. The maximum atomic E-state index is 10.8. The number of aliphatic hydroxyl groups is 5. The maximum absolute atomic E-state index is 10.8. The lowest BCUT2D eigenvalue weighted by atomic mass is 9.71. The van der Waals surface area contributed by atoms with Gasteiger partial charge in [0.25, 0.3) is 0 Å². The standard InChI is InChI=1S/C17H34O9/c1-17(2,3)13-12(10-23-5-4-18)26-16(22)15(14(13)21)25-7-6-24-9-11(20)8-19/h11-16,18-22H,4-10H2,1-3H3. The Morgan fingerprint density at radius 1 is 1.04 bits per heavy atom. The zero-order chi connectivity index (χ0) is 19.7. The highest BCUT2D eigenvalue weighted by molar-refractivity contribution is 4.95. The molecule has 0 aliphatic carbocycles. The van der Waals surface area contributed by atoms with Gasteiger partial charge in [0, 0.05) is 5.92 Å². The van der Waals surface area contributed by atoms with E-state index in [1.165, 1.54) is 0 Å². The van der Waals surface area contributed by atoms with E-state index >= 15 is 0 Å². The van der Waals surface area contributed by atoms with Crippen molar-refractivity contribution in [2.75, 3.05) is 46.2 Å². The van der Waals surface area contributed by atoms with Crippen molar-refractivity contribution in [2.24, 2.45) is 11.3 Å². The van der Waals surface area contributed by atoms with E-state index in [1.807, 2.05) is 20.8 Å². The summed E-state index contributed by atoms with van der Waals surface area (Å²) >= 11 is 0. The molecule has 6 atom stereocenters. The molecule has 0 aromatic heterocycles. The van der Waals surface area contributed by atoms with Gasteiger partial charge in [-0.25, -0.2) is 0 Å². The Balaban J connectivity index is 2.60. The summed E-state index contributed by atoms with van der Waals surface area (Å²) in [5.41, 5.74) is -0.337. The van der Waals surface area contributed by atoms with Gasteiger partial charge in [-0.2, -0.15) is 0 Å². The minimum atomic E-state index is -1.32. The van der Waals surface area contributed by atoms with Crippen molar-refractivity contribution >= 4 is 0 Å². The minimum Gasteiger partial charge on any atom is -0.394 e. The molecular weight excluding hydrogens is 348 g/mol. The molecule has 0 aromatic rings. The van der Waals surface area contributed by atoms with Gasteiger partial charge in [0.05, 0.1) is 58.5 Å². The van der Waals surface area contributed by atoms with Crippen molar-refractivity contribution in [1.82, 2.24) is 0 Å². The van der Waals surface area contributed by atoms with Crippen LogP contribution in [0.25, 0.3) is 0 Å². The second-order valence-electron chi connectivity index (χ2n) is 7.49. The molecule has 1 fully saturated rings. The lowest BCUT2D eigenvalue weighted by molar-refractivity contribution is -0.299. The summed E-state index contributed by atoms with van der Waals surface area (Å²) in [4.78, 5) is 0. The molecule has 0 bridgehead atoms. The zero-order valence-electron chi connectivity index (χ0n) is 15.8. The molecule has 0 spiro atoms. The van der Waals surface area contributed by atoms with Gasteiger partial charge in [-0.05, 0) is 5.41 Å². The Labute approximate surface area is 154 Å². The lowest BCUT2D eigenvalue weighted by Gasteiger charge is -2.48. The van der Waals surface area contributed by atoms with E-state index in [2.05, 4.69) is 0 Å². The summed E-state index contributed by atoms with van der Waals surface area (Å²) in [6.45, 7) is 5.86. The topological polar surface area (TPSA) is 138 Å². The third kappa shape index (κ3) is 7.34. The van der Waals surface area contributed by atoms with Crippen molar-refractivity contribution in [1.29, 1.82) is 0 Å². The van der Waals surface area contributed by atoms with E-state index in [0.717, 1.165) is 0 Å². The van der Waals surface area contributed by atoms with Gasteiger partial charge in [-0.1, -0.05) is 20.8 Å². The van der Waals surface area contributed by atoms with E-state index < -0.39 is 30.7 Å². The van der Waals surface area contributed by atoms with Gasteiger partial charge in [0.2, 0.25) is 0 Å². The van der Waals surface area contributed by atoms with Crippen LogP contribution < -0.4 is 0 Å². The van der Waals surface area contributed by atoms with Crippen molar-refractivity contribution in [2.45, 2.75) is 51.5 Å². The first-order valence-corrected chi connectivity index (χ1v) is 8.90. The Morgan fingerprint density at radius 2 is 1.73 bits per heavy atom. The van der Waals surface area contributed by atoms with Gasteiger partial charge in [-0.15, -0.1) is 0 Å². The first kappa shape index (κ1) is 23.7. The average Bonchev–Trinajstić information content (AvgIpc) is 2.55. The minimum absolute atomic E-state index is 0.0268. The Morgan fingerprint density at radius 3 is 2.31 bits per heavy atom. The van der Waals surface area contributed by atoms with E-state index in [0.29, 0.717) is 0 Å². The summed E-state index contributed by atoms with van der Waals surface area (Å²) < 4.78 is 21.6. The molecule has 1 aliphatic heterocycles. The predicted molar refractivity (Wildman–Crippen MR) is 91.4 cm³/mol. The van der Waals surface area contributed by atoms with Crippen LogP contribution in [-0.2, 0) is 18.9 Å². The van der Waals surface area contributed by atoms with Gasteiger partial charge in [-0.3, -0.25) is 0 Å². The number of ether oxygens (including phenoxy) is 4. The normalized spacial score (nSPS) is 31.2. The lowest BCUT2D eigenvalue weighted by Crippen LogP contribution is -2.60. The molecule has 1 aliphatic rings. The Bertz CT molecular complexity index is 374. The van der Waals surface area contributed by atoms with Crippen LogP contribution in [0.3, 0.4) is 0 Å². The molecule has 9 nitrogen and oxygen atoms in total. The Kier molecular flexibility index (Phi) is 10.5. The molecule has 6 unspecified atom stereocenters. The quantitative estimate of drug-likeness (QED) is 0.270. The first-order chi connectivity index (χ1) is 12.2. The largest absolute Gasteiger partial charge is 0.394 e. The highest BCUT2D eigenvalue weighted by Gasteiger charge is 2.49. The summed E-state index contributed by atoms with van der Waals surface area (Å²) in [6.07, 6.45) is -4.74. The molecule has 1 rings (SSSR count). The van der Waals surface area contributed by atoms with Crippen LogP contribution in [0, 0.1) is 11.3 Å². The van der Waals surface area contributed by atoms with Gasteiger partial charge in [0.15, 0.2) is 6.29 Å². The predicted octanol–water partition coefficient (Wildman–Crippen LogP) is -1.51. The SMILES string of the molecule is CC(C)(C)C1C(COCCO)OC(O)C(OCCOCC(O)CO)C1O. The molecular formula is C17H34O9. The molecule has 0 saturated carbocycles. The van der Waals surface area contributed by atoms with Crippen LogP contribution in [0.5, 0.6) is 0 Å². The van der Waals surface area contributed by atoms with E-state index in [9.17, 15) is 15.3 Å². The highest BCUT2D eigenvalue weighted by atomic mass is 16.7. The number of rotatable bonds is 11. The molecule has 1 heterocycles. The summed E-state index contributed by atoms with van der Waals surface area (Å²) in [5.74, 6) is -0.355. The smallest absolute Gasteiger partial charge is 0.184 e. The average molecular weight is 382 g/mol. The third-order valence-electron chi connectivity index (χ3n) is 4.28. The second kappa shape index (κ2) is 11.5. The van der Waals surface area contributed by atoms with Crippen molar-refractivity contribution < 1.29 is 44.5 Å². The van der Waals surface area contributed by atoms with Crippen molar-refractivity contribution in [3.63, 3.8) is 0 Å². The first-order valence-electron chi connectivity index (χ1n) is 8.90. The van der Waals surface area contributed by atoms with Gasteiger partial charge < -0.3 is 44.5 Å². The molecule has 0 radical (unpaired) electrons. The second-order valence-corrected chi connectivity index (χ2v) is 7.49. The van der Waals surface area contributed by atoms with Crippen LogP contribution in [0.2, 0.25) is 0 Å². The van der Waals surface area contributed by atoms with Crippen molar-refractivity contribution in [3.8, 4) is 0 Å². The maximum Gasteiger partial charge on any atom is 0.184 e. The Hall–Kier alpha value is -0.360. The van der Waals surface area contributed by atoms with Crippen LogP contribution in [0.4, 0.5) is 0 Å². The van der Waals surface area contributed by atoms with E-state index in [4.69, 9.17) is 29.2 Å². The van der Waals surface area contributed by atoms with Crippen molar-refractivity contribution in [3.05, 3.63) is 0 Å². The number of hydrogen-bond acceptors (Lipinski definition) is 9. The fourth-order valence-corrected chi connectivity index (χ4v) is 3.11. The molecule has 5 N–H and O–H groups in total. The van der Waals surface area contributed by atoms with Gasteiger partial charge in [0.1, 0.15) is 12.2 Å². The number of aliphatic hydroxyl groups excluding tert-OH is 5. The molecule has 1 saturated heterocycles. The molecule has 0 aromatic carbocycles. The molecule has 9 heteroatoms. The molecule has 156 valence electrons. The van der Waals surface area contributed by atoms with Crippen LogP contribution in [0.15, 0.2) is 0 Å². The fraction of sp³-hybridized carbons (Fsp3) is 1.00. The third-order valence-corrected chi connectivity index (χ3v) is 4.28. The van der Waals surface area contributed by atoms with Crippen LogP contribution >= 0.6 is 0 Å². The van der Waals surface area contributed by atoms with Crippen LogP contribution in [0.1, 0.15) is 20.8 Å². The molecule has 26 heavy (non-hydrogen) atoms. The van der Waals surface area contributed by atoms with E-state index in [1.54, 1.807) is 0 Å². The van der Waals surface area contributed by atoms with Gasteiger partial charge >= 0.3 is 0 Å². The van der Waals surface area contributed by atoms with Crippen LogP contribution in [-0.4, -0.2) is 102 Å². The zero-order valence-corrected chi connectivity index (χ0v) is 15.8. The van der Waals surface area contributed by atoms with E-state index in [-0.39, 0.29) is 57.6 Å². The number of hydrogen-bond donors (Lipinski definition) is 5. The summed E-state index contributed by atoms with van der Waals surface area (Å²) in [5, 5.41) is 47.7. The summed E-state index contributed by atoms with van der Waals surface area (Å²) in [6, 6.07) is 0. The highest BCUT2D eigenvalue weighted by Crippen LogP contribution is 2.39. The monoisotopic (exact) mass is 382 g/mol. The molecule has 0 amide bonds. The summed E-state index contributed by atoms with van der Waals surface area (Å²) in [7, 11) is 0.